The van der Waals surface area contributed by atoms with Crippen molar-refractivity contribution in [2.45, 2.75) is 6.54 Å². The Hall–Kier alpha value is -2.25. The van der Waals surface area contributed by atoms with Gasteiger partial charge >= 0.3 is 0 Å². The number of hydrogen-bond acceptors (Lipinski definition) is 5. The van der Waals surface area contributed by atoms with Crippen LogP contribution >= 0.6 is 0 Å². The van der Waals surface area contributed by atoms with Crippen molar-refractivity contribution in [3.63, 3.8) is 0 Å². The molecule has 2 N–H and O–H groups in total. The Morgan fingerprint density at radius 2 is 2.40 bits per heavy atom. The first-order valence-electron chi connectivity index (χ1n) is 4.35. The number of aromatic nitrogens is 6. The number of H-pyrrole nitrogens is 2. The minimum Gasteiger partial charge on any atom is -0.318 e. The van der Waals surface area contributed by atoms with Gasteiger partial charge < -0.3 is 4.84 Å². The lowest BCUT2D eigenvalue weighted by Gasteiger charge is -1.85. The highest BCUT2D eigenvalue weighted by Gasteiger charge is 2.15. The minimum absolute atomic E-state index is 0.473. The predicted octanol–water partition coefficient (Wildman–Crippen LogP) is -3.16. The summed E-state index contributed by atoms with van der Waals surface area (Å²) in [6.45, 7) is 0.473. The van der Waals surface area contributed by atoms with Gasteiger partial charge in [-0.2, -0.15) is 15.4 Å². The number of hydrogen-bond donors (Lipinski definition) is 2. The molecule has 0 radical (unpaired) electrons. The molecule has 8 heteroatoms. The Morgan fingerprint density at radius 3 is 3.27 bits per heavy atom. The number of nitrogens with zero attached hydrogens (tertiary/aromatic N) is 5. The van der Waals surface area contributed by atoms with Crippen LogP contribution < -0.4 is 20.5 Å². The van der Waals surface area contributed by atoms with Crippen molar-refractivity contribution in [2.75, 3.05) is 7.11 Å². The predicted molar refractivity (Wildman–Crippen MR) is 45.7 cm³/mol. The summed E-state index contributed by atoms with van der Waals surface area (Å²) in [4.78, 5) is 10.7. The fraction of sp³-hybridized carbons (Fsp3) is 0.286. The van der Waals surface area contributed by atoms with Crippen molar-refractivity contribution in [3.05, 3.63) is 22.2 Å². The molecule has 0 fully saturated rings. The highest BCUT2D eigenvalue weighted by Crippen LogP contribution is 2.03. The molecule has 3 heterocycles. The fourth-order valence-electron chi connectivity index (χ4n) is 1.45. The molecule has 0 saturated heterocycles. The Bertz CT molecular complexity index is 610. The first-order valence-corrected chi connectivity index (χ1v) is 4.35. The standard InChI is InChI=1S/C7H7N7O/c1-15-14-6-2-4-5(10-12-9-4)3-8-7(6)11-13-14/h2H,3H2,1H3,(H,8,9,10,12)/p+1. The van der Waals surface area contributed by atoms with Crippen LogP contribution in [0.3, 0.4) is 0 Å². The zero-order chi connectivity index (χ0) is 10.3. The van der Waals surface area contributed by atoms with Gasteiger partial charge in [-0.25, -0.2) is 4.99 Å². The maximum atomic E-state index is 5.02. The van der Waals surface area contributed by atoms with E-state index in [1.54, 1.807) is 0 Å². The second-order valence-corrected chi connectivity index (χ2v) is 3.02. The van der Waals surface area contributed by atoms with Gasteiger partial charge in [0.05, 0.1) is 11.4 Å². The molecule has 1 aliphatic rings. The van der Waals surface area contributed by atoms with Crippen LogP contribution in [0.4, 0.5) is 0 Å². The lowest BCUT2D eigenvalue weighted by molar-refractivity contribution is -0.939. The highest BCUT2D eigenvalue weighted by molar-refractivity contribution is 5.44. The summed E-state index contributed by atoms with van der Waals surface area (Å²) in [5, 5.41) is 17.9. The van der Waals surface area contributed by atoms with Crippen LogP contribution in [-0.4, -0.2) is 32.8 Å². The summed E-state index contributed by atoms with van der Waals surface area (Å²) in [6, 6.07) is 0. The summed E-state index contributed by atoms with van der Waals surface area (Å²) in [6.07, 6.45) is 1.82. The van der Waals surface area contributed by atoms with E-state index in [0.29, 0.717) is 12.0 Å². The number of nitrogens with one attached hydrogen (secondary N) is 2. The lowest BCUT2D eigenvalue weighted by atomic mass is 10.3. The molecule has 2 aromatic rings. The molecule has 8 nitrogen and oxygen atoms in total. The molecule has 15 heavy (non-hydrogen) atoms. The zero-order valence-electron chi connectivity index (χ0n) is 7.93. The highest BCUT2D eigenvalue weighted by atomic mass is 16.7. The molecule has 0 saturated carbocycles. The van der Waals surface area contributed by atoms with Crippen molar-refractivity contribution in [3.8, 4) is 0 Å². The molecule has 0 atom stereocenters. The average Bonchev–Trinajstić information content (AvgIpc) is 2.81. The molecule has 1 aliphatic heterocycles. The Kier molecular flexibility index (Phi) is 1.55. The van der Waals surface area contributed by atoms with E-state index in [2.05, 4.69) is 30.7 Å². The minimum atomic E-state index is 0.473. The third-order valence-electron chi connectivity index (χ3n) is 2.18. The summed E-state index contributed by atoms with van der Waals surface area (Å²) in [7, 11) is 1.53. The van der Waals surface area contributed by atoms with Gasteiger partial charge in [-0.15, -0.1) is 5.10 Å². The fourth-order valence-corrected chi connectivity index (χ4v) is 1.45. The molecule has 0 amide bonds. The molecule has 2 aromatic heterocycles. The van der Waals surface area contributed by atoms with Crippen LogP contribution in [0.2, 0.25) is 0 Å². The van der Waals surface area contributed by atoms with Gasteiger partial charge in [0, 0.05) is 6.08 Å². The van der Waals surface area contributed by atoms with Crippen LogP contribution in [-0.2, 0) is 6.54 Å². The van der Waals surface area contributed by atoms with E-state index in [-0.39, 0.29) is 0 Å². The van der Waals surface area contributed by atoms with E-state index in [1.165, 1.54) is 12.0 Å². The maximum Gasteiger partial charge on any atom is 0.289 e. The van der Waals surface area contributed by atoms with E-state index in [0.717, 1.165) is 16.7 Å². The number of rotatable bonds is 1. The molecule has 0 spiro atoms. The lowest BCUT2D eigenvalue weighted by Crippen LogP contribution is -2.58. The molecule has 0 aromatic carbocycles. The van der Waals surface area contributed by atoms with E-state index in [9.17, 15) is 0 Å². The monoisotopic (exact) mass is 206 g/mol. The molecule has 0 unspecified atom stereocenters. The summed E-state index contributed by atoms with van der Waals surface area (Å²) >= 11 is 0. The van der Waals surface area contributed by atoms with E-state index >= 15 is 0 Å². The second kappa shape index (κ2) is 2.87. The van der Waals surface area contributed by atoms with Gasteiger partial charge in [0.2, 0.25) is 0 Å². The Labute approximate surface area is 83.2 Å². The van der Waals surface area contributed by atoms with Gasteiger partial charge in [0.15, 0.2) is 0 Å². The van der Waals surface area contributed by atoms with Crippen LogP contribution in [0, 0.1) is 0 Å². The summed E-state index contributed by atoms with van der Waals surface area (Å²) < 4.78 is 0. The molecule has 3 rings (SSSR count). The zero-order valence-corrected chi connectivity index (χ0v) is 7.93. The Balaban J connectivity index is 2.35. The number of fused-ring (bicyclic) bond motifs is 2. The van der Waals surface area contributed by atoms with E-state index in [1.807, 2.05) is 6.08 Å². The van der Waals surface area contributed by atoms with Gasteiger partial charge in [0.25, 0.3) is 10.8 Å². The normalized spacial score (nSPS) is 13.1. The SMILES string of the molecule is CO[n+]1n[nH]c2c1=Cc1n[nH]nc1CN=2. The summed E-state index contributed by atoms with van der Waals surface area (Å²) in [5.74, 6) is 0. The van der Waals surface area contributed by atoms with Crippen molar-refractivity contribution in [1.29, 1.82) is 0 Å². The molecule has 0 bridgehead atoms. The van der Waals surface area contributed by atoms with Gasteiger partial charge in [-0.05, 0) is 0 Å². The molecule has 0 aliphatic carbocycles. The smallest absolute Gasteiger partial charge is 0.289 e. The van der Waals surface area contributed by atoms with E-state index < -0.39 is 0 Å². The topological polar surface area (TPSA) is 95.7 Å². The Morgan fingerprint density at radius 1 is 1.47 bits per heavy atom. The van der Waals surface area contributed by atoms with Crippen molar-refractivity contribution >= 4 is 6.08 Å². The van der Waals surface area contributed by atoms with Crippen LogP contribution in [0.5, 0.6) is 0 Å². The first kappa shape index (κ1) is 8.09. The van der Waals surface area contributed by atoms with Crippen molar-refractivity contribution < 1.29 is 9.68 Å². The van der Waals surface area contributed by atoms with Crippen molar-refractivity contribution in [1.82, 2.24) is 25.7 Å². The average molecular weight is 206 g/mol. The van der Waals surface area contributed by atoms with Crippen LogP contribution in [0.15, 0.2) is 4.99 Å². The van der Waals surface area contributed by atoms with Gasteiger partial charge in [-0.1, -0.05) is 0 Å². The quantitative estimate of drug-likeness (QED) is 0.481. The second-order valence-electron chi connectivity index (χ2n) is 3.02. The summed E-state index contributed by atoms with van der Waals surface area (Å²) in [5.41, 5.74) is 2.23. The first-order chi connectivity index (χ1) is 7.38. The van der Waals surface area contributed by atoms with Gasteiger partial charge in [0.1, 0.15) is 23.7 Å². The van der Waals surface area contributed by atoms with Gasteiger partial charge in [-0.3, -0.25) is 0 Å². The maximum absolute atomic E-state index is 5.02. The number of aromatic amines is 2. The molecular formula is C7H8N7O+. The largest absolute Gasteiger partial charge is 0.318 e. The third-order valence-corrected chi connectivity index (χ3v) is 2.18. The van der Waals surface area contributed by atoms with Crippen LogP contribution in [0.1, 0.15) is 11.4 Å². The third kappa shape index (κ3) is 1.11. The van der Waals surface area contributed by atoms with E-state index in [4.69, 9.17) is 4.84 Å². The van der Waals surface area contributed by atoms with Crippen LogP contribution in [0.25, 0.3) is 6.08 Å². The van der Waals surface area contributed by atoms with Crippen molar-refractivity contribution in [2.24, 2.45) is 4.99 Å². The molecule has 76 valence electrons. The molecular weight excluding hydrogens is 198 g/mol.